The molecule has 0 aliphatic carbocycles. The first-order valence-electron chi connectivity index (χ1n) is 5.17. The van der Waals surface area contributed by atoms with Crippen LogP contribution >= 0.6 is 0 Å². The Kier molecular flexibility index (Phi) is 2.64. The van der Waals surface area contributed by atoms with Crippen molar-refractivity contribution in [2.75, 3.05) is 6.54 Å². The number of carbonyl (C=O) groups excluding carboxylic acids is 1. The molecule has 0 fully saturated rings. The summed E-state index contributed by atoms with van der Waals surface area (Å²) >= 11 is 0. The lowest BCUT2D eigenvalue weighted by atomic mass is 9.96. The van der Waals surface area contributed by atoms with Gasteiger partial charge in [0.25, 0.3) is 0 Å². The molecule has 0 saturated heterocycles. The monoisotopic (exact) mass is 189 g/mol. The maximum Gasteiger partial charge on any atom is 0.164 e. The van der Waals surface area contributed by atoms with Gasteiger partial charge in [0.15, 0.2) is 5.78 Å². The number of fused-ring (bicyclic) bond motifs is 1. The highest BCUT2D eigenvalue weighted by molar-refractivity contribution is 5.98. The zero-order valence-electron chi connectivity index (χ0n) is 8.47. The van der Waals surface area contributed by atoms with Crippen LogP contribution in [0.5, 0.6) is 0 Å². The van der Waals surface area contributed by atoms with E-state index in [0.717, 1.165) is 25.1 Å². The largest absolute Gasteiger partial charge is 0.312 e. The van der Waals surface area contributed by atoms with E-state index in [1.54, 1.807) is 0 Å². The van der Waals surface area contributed by atoms with E-state index in [0.29, 0.717) is 6.42 Å². The third kappa shape index (κ3) is 1.58. The van der Waals surface area contributed by atoms with E-state index >= 15 is 0 Å². The second kappa shape index (κ2) is 3.93. The van der Waals surface area contributed by atoms with E-state index in [-0.39, 0.29) is 5.78 Å². The molecule has 0 spiro atoms. The van der Waals surface area contributed by atoms with Crippen molar-refractivity contribution in [2.24, 2.45) is 0 Å². The van der Waals surface area contributed by atoms with Gasteiger partial charge in [0.1, 0.15) is 0 Å². The molecule has 2 nitrogen and oxygen atoms in total. The van der Waals surface area contributed by atoms with Gasteiger partial charge in [-0.25, -0.2) is 0 Å². The third-order valence-corrected chi connectivity index (χ3v) is 2.78. The van der Waals surface area contributed by atoms with Gasteiger partial charge < -0.3 is 5.32 Å². The SMILES string of the molecule is CCc1cccc2c1CNCCC2=O. The number of hydrogen-bond donors (Lipinski definition) is 1. The maximum atomic E-state index is 11.7. The Hall–Kier alpha value is -1.15. The highest BCUT2D eigenvalue weighted by Crippen LogP contribution is 2.19. The molecule has 1 aromatic rings. The van der Waals surface area contributed by atoms with Crippen LogP contribution in [0.25, 0.3) is 0 Å². The van der Waals surface area contributed by atoms with Crippen molar-refractivity contribution in [1.29, 1.82) is 0 Å². The van der Waals surface area contributed by atoms with Gasteiger partial charge in [0.05, 0.1) is 0 Å². The number of rotatable bonds is 1. The number of Topliss-reactive ketones (excluding diaryl/α,β-unsaturated/α-hetero) is 1. The normalized spacial score (nSPS) is 16.2. The highest BCUT2D eigenvalue weighted by Gasteiger charge is 2.16. The maximum absolute atomic E-state index is 11.7. The third-order valence-electron chi connectivity index (χ3n) is 2.78. The molecule has 0 atom stereocenters. The minimum atomic E-state index is 0.278. The summed E-state index contributed by atoms with van der Waals surface area (Å²) in [5, 5.41) is 3.29. The number of hydrogen-bond acceptors (Lipinski definition) is 2. The van der Waals surface area contributed by atoms with Crippen LogP contribution in [0, 0.1) is 0 Å². The number of nitrogens with one attached hydrogen (secondary N) is 1. The minimum Gasteiger partial charge on any atom is -0.312 e. The Balaban J connectivity index is 2.51. The molecule has 0 saturated carbocycles. The average Bonchev–Trinajstić information content (AvgIpc) is 2.41. The number of carbonyl (C=O) groups is 1. The molecule has 2 heteroatoms. The van der Waals surface area contributed by atoms with Crippen molar-refractivity contribution in [3.8, 4) is 0 Å². The van der Waals surface area contributed by atoms with Gasteiger partial charge in [-0.15, -0.1) is 0 Å². The quantitative estimate of drug-likeness (QED) is 0.731. The molecule has 1 aromatic carbocycles. The Morgan fingerprint density at radius 3 is 3.07 bits per heavy atom. The molecule has 1 aliphatic rings. The molecule has 1 aliphatic heterocycles. The Morgan fingerprint density at radius 1 is 1.43 bits per heavy atom. The fourth-order valence-corrected chi connectivity index (χ4v) is 1.99. The lowest BCUT2D eigenvalue weighted by molar-refractivity contribution is 0.0985. The van der Waals surface area contributed by atoms with Crippen molar-refractivity contribution < 1.29 is 4.79 Å². The van der Waals surface area contributed by atoms with E-state index in [4.69, 9.17) is 0 Å². The summed E-state index contributed by atoms with van der Waals surface area (Å²) in [6.45, 7) is 3.77. The first-order chi connectivity index (χ1) is 6.83. The number of benzene rings is 1. The molecule has 0 unspecified atom stereocenters. The van der Waals surface area contributed by atoms with E-state index in [2.05, 4.69) is 18.3 Å². The van der Waals surface area contributed by atoms with E-state index in [1.165, 1.54) is 11.1 Å². The van der Waals surface area contributed by atoms with Gasteiger partial charge in [0, 0.05) is 25.1 Å². The standard InChI is InChI=1S/C12H15NO/c1-2-9-4-3-5-10-11(9)8-13-7-6-12(10)14/h3-5,13H,2,6-8H2,1H3. The zero-order chi connectivity index (χ0) is 9.97. The van der Waals surface area contributed by atoms with E-state index < -0.39 is 0 Å². The molecule has 1 N–H and O–H groups in total. The summed E-state index contributed by atoms with van der Waals surface area (Å²) in [4.78, 5) is 11.7. The predicted molar refractivity (Wildman–Crippen MR) is 56.5 cm³/mol. The fourth-order valence-electron chi connectivity index (χ4n) is 1.99. The van der Waals surface area contributed by atoms with Crippen LogP contribution in [0.2, 0.25) is 0 Å². The second-order valence-electron chi connectivity index (χ2n) is 3.65. The van der Waals surface area contributed by atoms with Crippen molar-refractivity contribution in [3.05, 3.63) is 34.9 Å². The predicted octanol–water partition coefficient (Wildman–Crippen LogP) is 1.93. The lowest BCUT2D eigenvalue weighted by Crippen LogP contribution is -2.13. The van der Waals surface area contributed by atoms with Crippen molar-refractivity contribution >= 4 is 5.78 Å². The van der Waals surface area contributed by atoms with Crippen LogP contribution in [0.4, 0.5) is 0 Å². The topological polar surface area (TPSA) is 29.1 Å². The number of ketones is 1. The van der Waals surface area contributed by atoms with Crippen LogP contribution in [0.3, 0.4) is 0 Å². The van der Waals surface area contributed by atoms with Crippen molar-refractivity contribution in [2.45, 2.75) is 26.3 Å². The minimum absolute atomic E-state index is 0.278. The molecule has 74 valence electrons. The first kappa shape index (κ1) is 9.41. The Labute approximate surface area is 84.3 Å². The summed E-state index contributed by atoms with van der Waals surface area (Å²) in [5.41, 5.74) is 3.43. The molecule has 0 aromatic heterocycles. The van der Waals surface area contributed by atoms with Gasteiger partial charge >= 0.3 is 0 Å². The van der Waals surface area contributed by atoms with Crippen LogP contribution in [-0.4, -0.2) is 12.3 Å². The van der Waals surface area contributed by atoms with Crippen LogP contribution < -0.4 is 5.32 Å². The van der Waals surface area contributed by atoms with Crippen molar-refractivity contribution in [3.63, 3.8) is 0 Å². The zero-order valence-corrected chi connectivity index (χ0v) is 8.47. The first-order valence-corrected chi connectivity index (χ1v) is 5.17. The van der Waals surface area contributed by atoms with Gasteiger partial charge in [-0.1, -0.05) is 25.1 Å². The van der Waals surface area contributed by atoms with Crippen LogP contribution in [0.1, 0.15) is 34.8 Å². The molecule has 14 heavy (non-hydrogen) atoms. The van der Waals surface area contributed by atoms with E-state index in [1.807, 2.05) is 12.1 Å². The van der Waals surface area contributed by atoms with E-state index in [9.17, 15) is 4.79 Å². The fraction of sp³-hybridized carbons (Fsp3) is 0.417. The molecular formula is C12H15NO. The highest BCUT2D eigenvalue weighted by atomic mass is 16.1. The van der Waals surface area contributed by atoms with Gasteiger partial charge in [0.2, 0.25) is 0 Å². The average molecular weight is 189 g/mol. The second-order valence-corrected chi connectivity index (χ2v) is 3.65. The summed E-state index contributed by atoms with van der Waals surface area (Å²) in [6.07, 6.45) is 1.62. The van der Waals surface area contributed by atoms with Crippen LogP contribution in [-0.2, 0) is 13.0 Å². The molecular weight excluding hydrogens is 174 g/mol. The Bertz CT molecular complexity index is 357. The van der Waals surface area contributed by atoms with Crippen LogP contribution in [0.15, 0.2) is 18.2 Å². The smallest absolute Gasteiger partial charge is 0.164 e. The van der Waals surface area contributed by atoms with Gasteiger partial charge in [-0.05, 0) is 17.5 Å². The summed E-state index contributed by atoms with van der Waals surface area (Å²) < 4.78 is 0. The Morgan fingerprint density at radius 2 is 2.29 bits per heavy atom. The lowest BCUT2D eigenvalue weighted by Gasteiger charge is -2.09. The molecule has 1 heterocycles. The molecule has 0 amide bonds. The van der Waals surface area contributed by atoms with Gasteiger partial charge in [-0.3, -0.25) is 4.79 Å². The van der Waals surface area contributed by atoms with Crippen molar-refractivity contribution in [1.82, 2.24) is 5.32 Å². The van der Waals surface area contributed by atoms with Gasteiger partial charge in [-0.2, -0.15) is 0 Å². The molecule has 2 rings (SSSR count). The summed E-state index contributed by atoms with van der Waals surface area (Å²) in [6, 6.07) is 6.05. The molecule has 0 radical (unpaired) electrons. The summed E-state index contributed by atoms with van der Waals surface area (Å²) in [5.74, 6) is 0.278. The summed E-state index contributed by atoms with van der Waals surface area (Å²) in [7, 11) is 0. The number of aryl methyl sites for hydroxylation is 1. The molecule has 0 bridgehead atoms.